The van der Waals surface area contributed by atoms with Crippen LogP contribution in [-0.4, -0.2) is 43.7 Å². The van der Waals surface area contributed by atoms with Gasteiger partial charge in [-0.2, -0.15) is 0 Å². The minimum atomic E-state index is 0.156. The van der Waals surface area contributed by atoms with E-state index in [9.17, 15) is 0 Å². The Kier molecular flexibility index (Phi) is 6.53. The van der Waals surface area contributed by atoms with Crippen LogP contribution in [0.25, 0.3) is 0 Å². The molecule has 0 aliphatic rings. The monoisotopic (exact) mass is 229 g/mol. The van der Waals surface area contributed by atoms with Crippen LogP contribution in [0.4, 0.5) is 0 Å². The van der Waals surface area contributed by atoms with E-state index in [-0.39, 0.29) is 5.54 Å². The van der Waals surface area contributed by atoms with Gasteiger partial charge in [-0.25, -0.2) is 0 Å². The van der Waals surface area contributed by atoms with Crippen molar-refractivity contribution in [1.82, 2.24) is 10.2 Å². The first-order chi connectivity index (χ1) is 7.28. The van der Waals surface area contributed by atoms with Crippen molar-refractivity contribution in [3.05, 3.63) is 0 Å². The number of hydrogen-bond acceptors (Lipinski definition) is 3. The molecule has 0 rings (SSSR count). The van der Waals surface area contributed by atoms with E-state index in [2.05, 4.69) is 58.9 Å². The number of nitrogens with two attached hydrogens (primary N) is 1. The molecule has 3 N–H and O–H groups in total. The first-order valence-corrected chi connectivity index (χ1v) is 6.39. The summed E-state index contributed by atoms with van der Waals surface area (Å²) in [4.78, 5) is 2.34. The van der Waals surface area contributed by atoms with Crippen LogP contribution >= 0.6 is 0 Å². The van der Waals surface area contributed by atoms with Crippen molar-refractivity contribution in [1.29, 1.82) is 0 Å². The first kappa shape index (κ1) is 15.9. The average Bonchev–Trinajstić information content (AvgIpc) is 2.16. The summed E-state index contributed by atoms with van der Waals surface area (Å²) in [7, 11) is 4.33. The van der Waals surface area contributed by atoms with Crippen LogP contribution in [0.2, 0.25) is 0 Å². The van der Waals surface area contributed by atoms with Gasteiger partial charge in [-0.3, -0.25) is 0 Å². The fourth-order valence-electron chi connectivity index (χ4n) is 2.51. The molecule has 0 saturated heterocycles. The van der Waals surface area contributed by atoms with Gasteiger partial charge >= 0.3 is 0 Å². The first-order valence-electron chi connectivity index (χ1n) is 6.39. The zero-order valence-electron chi connectivity index (χ0n) is 12.2. The maximum atomic E-state index is 5.60. The van der Waals surface area contributed by atoms with E-state index >= 15 is 0 Å². The van der Waals surface area contributed by atoms with E-state index in [1.54, 1.807) is 0 Å². The summed E-state index contributed by atoms with van der Waals surface area (Å²) in [6.07, 6.45) is 0. The highest BCUT2D eigenvalue weighted by Crippen LogP contribution is 2.30. The predicted octanol–water partition coefficient (Wildman–Crippen LogP) is 1.54. The van der Waals surface area contributed by atoms with Gasteiger partial charge in [-0.05, 0) is 32.9 Å². The summed E-state index contributed by atoms with van der Waals surface area (Å²) >= 11 is 0. The molecule has 0 bridgehead atoms. The molecule has 0 aliphatic heterocycles. The summed E-state index contributed by atoms with van der Waals surface area (Å²) in [5.74, 6) is 1.20. The van der Waals surface area contributed by atoms with Gasteiger partial charge in [0.15, 0.2) is 0 Å². The van der Waals surface area contributed by atoms with Gasteiger partial charge in [0.2, 0.25) is 0 Å². The Morgan fingerprint density at radius 1 is 1.19 bits per heavy atom. The molecule has 0 radical (unpaired) electrons. The smallest absolute Gasteiger partial charge is 0.0353 e. The predicted molar refractivity (Wildman–Crippen MR) is 72.6 cm³/mol. The van der Waals surface area contributed by atoms with Crippen molar-refractivity contribution in [2.24, 2.45) is 17.6 Å². The third-order valence-electron chi connectivity index (χ3n) is 3.94. The number of rotatable bonds is 7. The van der Waals surface area contributed by atoms with Gasteiger partial charge in [0, 0.05) is 24.7 Å². The lowest BCUT2D eigenvalue weighted by Crippen LogP contribution is -2.62. The van der Waals surface area contributed by atoms with Crippen molar-refractivity contribution in [2.75, 3.05) is 27.2 Å². The fourth-order valence-corrected chi connectivity index (χ4v) is 2.51. The summed E-state index contributed by atoms with van der Waals surface area (Å²) in [5.41, 5.74) is 5.75. The van der Waals surface area contributed by atoms with Crippen molar-refractivity contribution in [3.63, 3.8) is 0 Å². The minimum Gasteiger partial charge on any atom is -0.329 e. The summed E-state index contributed by atoms with van der Waals surface area (Å²) in [6, 6.07) is 0.464. The van der Waals surface area contributed by atoms with E-state index < -0.39 is 0 Å². The molecule has 0 spiro atoms. The van der Waals surface area contributed by atoms with E-state index in [0.717, 1.165) is 6.54 Å². The number of nitrogens with one attached hydrogen (secondary N) is 1. The van der Waals surface area contributed by atoms with E-state index in [4.69, 9.17) is 5.73 Å². The van der Waals surface area contributed by atoms with Gasteiger partial charge in [0.05, 0.1) is 0 Å². The zero-order valence-corrected chi connectivity index (χ0v) is 12.2. The second-order valence-corrected chi connectivity index (χ2v) is 5.74. The van der Waals surface area contributed by atoms with Gasteiger partial charge in [0.25, 0.3) is 0 Å². The molecule has 0 heterocycles. The molecule has 0 aromatic carbocycles. The maximum Gasteiger partial charge on any atom is 0.0353 e. The van der Waals surface area contributed by atoms with Crippen LogP contribution < -0.4 is 11.1 Å². The van der Waals surface area contributed by atoms with Crippen LogP contribution in [0.1, 0.15) is 34.6 Å². The molecule has 3 nitrogen and oxygen atoms in total. The Hall–Kier alpha value is -0.120. The second kappa shape index (κ2) is 6.58. The Labute approximate surface area is 102 Å². The molecule has 98 valence electrons. The molecule has 3 heteroatoms. The van der Waals surface area contributed by atoms with Crippen molar-refractivity contribution in [2.45, 2.75) is 46.2 Å². The Morgan fingerprint density at radius 2 is 1.69 bits per heavy atom. The van der Waals surface area contributed by atoms with Crippen LogP contribution in [-0.2, 0) is 0 Å². The van der Waals surface area contributed by atoms with Crippen LogP contribution in [0.15, 0.2) is 0 Å². The lowest BCUT2D eigenvalue weighted by atomic mass is 9.75. The second-order valence-electron chi connectivity index (χ2n) is 5.74. The number of likely N-dealkylation sites (N-methyl/N-ethyl adjacent to an activating group) is 1. The molecule has 0 amide bonds. The van der Waals surface area contributed by atoms with Crippen LogP contribution in [0.5, 0.6) is 0 Å². The van der Waals surface area contributed by atoms with Gasteiger partial charge < -0.3 is 16.0 Å². The quantitative estimate of drug-likeness (QED) is 0.696. The molecular weight excluding hydrogens is 198 g/mol. The zero-order chi connectivity index (χ0) is 12.9. The molecular formula is C13H31N3. The molecule has 2 unspecified atom stereocenters. The molecule has 2 atom stereocenters. The normalized spacial score (nSPS) is 18.2. The summed E-state index contributed by atoms with van der Waals surface area (Å²) in [6.45, 7) is 13.1. The minimum absolute atomic E-state index is 0.156. The summed E-state index contributed by atoms with van der Waals surface area (Å²) < 4.78 is 0. The lowest BCUT2D eigenvalue weighted by Gasteiger charge is -2.48. The lowest BCUT2D eigenvalue weighted by molar-refractivity contribution is 0.0492. The summed E-state index contributed by atoms with van der Waals surface area (Å²) in [5, 5.41) is 3.61. The molecule has 0 aliphatic carbocycles. The van der Waals surface area contributed by atoms with Crippen molar-refractivity contribution in [3.8, 4) is 0 Å². The highest BCUT2D eigenvalue weighted by atomic mass is 15.2. The largest absolute Gasteiger partial charge is 0.329 e. The molecule has 0 aromatic heterocycles. The van der Waals surface area contributed by atoms with Crippen LogP contribution in [0, 0.1) is 11.8 Å². The Morgan fingerprint density at radius 3 is 1.94 bits per heavy atom. The molecule has 0 fully saturated rings. The van der Waals surface area contributed by atoms with Gasteiger partial charge in [-0.1, -0.05) is 27.7 Å². The third kappa shape index (κ3) is 3.44. The molecule has 16 heavy (non-hydrogen) atoms. The van der Waals surface area contributed by atoms with E-state index in [1.807, 2.05) is 0 Å². The van der Waals surface area contributed by atoms with Crippen molar-refractivity contribution >= 4 is 0 Å². The topological polar surface area (TPSA) is 41.3 Å². The highest BCUT2D eigenvalue weighted by Gasteiger charge is 2.40. The van der Waals surface area contributed by atoms with E-state index in [1.165, 1.54) is 0 Å². The maximum absolute atomic E-state index is 5.60. The Bertz CT molecular complexity index is 180. The molecule has 0 aromatic rings. The highest BCUT2D eigenvalue weighted by molar-refractivity contribution is 4.99. The standard InChI is InChI=1S/C13H31N3/c1-10(2)12(15-9-8-14)13(5,11(3)4)16(6)7/h10-12,15H,8-9,14H2,1-7H3. The molecule has 0 saturated carbocycles. The van der Waals surface area contributed by atoms with Crippen LogP contribution in [0.3, 0.4) is 0 Å². The third-order valence-corrected chi connectivity index (χ3v) is 3.94. The fraction of sp³-hybridized carbons (Fsp3) is 1.00. The SMILES string of the molecule is CC(C)C(NCCN)C(C)(C(C)C)N(C)C. The van der Waals surface area contributed by atoms with Gasteiger partial charge in [-0.15, -0.1) is 0 Å². The van der Waals surface area contributed by atoms with E-state index in [0.29, 0.717) is 24.4 Å². The Balaban J connectivity index is 4.95. The average molecular weight is 229 g/mol. The number of hydrogen-bond donors (Lipinski definition) is 2. The van der Waals surface area contributed by atoms with Crippen molar-refractivity contribution < 1.29 is 0 Å². The van der Waals surface area contributed by atoms with Gasteiger partial charge in [0.1, 0.15) is 0 Å². The number of nitrogens with zero attached hydrogens (tertiary/aromatic N) is 1.